The summed E-state index contributed by atoms with van der Waals surface area (Å²) in [5.41, 5.74) is -0.531. The molecule has 1 atom stereocenters. The van der Waals surface area contributed by atoms with E-state index in [1.807, 2.05) is 13.8 Å². The summed E-state index contributed by atoms with van der Waals surface area (Å²) in [5, 5.41) is 8.21. The first-order chi connectivity index (χ1) is 11.1. The second kappa shape index (κ2) is 6.93. The molecule has 24 heavy (non-hydrogen) atoms. The van der Waals surface area contributed by atoms with Gasteiger partial charge in [-0.25, -0.2) is 0 Å². The summed E-state index contributed by atoms with van der Waals surface area (Å²) in [5.74, 6) is 0.546. The fourth-order valence-electron chi connectivity index (χ4n) is 2.97. The zero-order valence-electron chi connectivity index (χ0n) is 14.8. The summed E-state index contributed by atoms with van der Waals surface area (Å²) in [4.78, 5) is 13.2. The lowest BCUT2D eigenvalue weighted by Crippen LogP contribution is -2.38. The number of hydrogen-bond acceptors (Lipinski definition) is 4. The van der Waals surface area contributed by atoms with E-state index < -0.39 is 11.6 Å². The largest absolute Gasteiger partial charge is 0.463 e. The fourth-order valence-corrected chi connectivity index (χ4v) is 3.09. The monoisotopic (exact) mass is 349 g/mol. The van der Waals surface area contributed by atoms with E-state index in [0.29, 0.717) is 10.8 Å². The standard InChI is InChI=1S/C18H24ClN3O2/c1-17(2,3)10-18(4,5)15(23)16(22-11-20-21-12-22)24-14-8-6-13(19)7-9-14/h6-9,11-12,16H,10H2,1-5H3. The molecule has 1 aromatic heterocycles. The highest BCUT2D eigenvalue weighted by Gasteiger charge is 2.39. The molecule has 0 aliphatic rings. The highest BCUT2D eigenvalue weighted by molar-refractivity contribution is 6.30. The van der Waals surface area contributed by atoms with E-state index in [1.54, 1.807) is 28.8 Å². The third-order valence-electron chi connectivity index (χ3n) is 3.63. The van der Waals surface area contributed by atoms with Gasteiger partial charge in [0.25, 0.3) is 0 Å². The Morgan fingerprint density at radius 2 is 1.67 bits per heavy atom. The first-order valence-electron chi connectivity index (χ1n) is 7.89. The highest BCUT2D eigenvalue weighted by atomic mass is 35.5. The van der Waals surface area contributed by atoms with Crippen LogP contribution in [0, 0.1) is 10.8 Å². The van der Waals surface area contributed by atoms with Crippen LogP contribution in [-0.2, 0) is 4.79 Å². The van der Waals surface area contributed by atoms with E-state index in [2.05, 4.69) is 31.0 Å². The zero-order chi connectivity index (χ0) is 18.0. The molecule has 1 heterocycles. The number of ether oxygens (including phenoxy) is 1. The Labute approximate surface area is 148 Å². The number of ketones is 1. The fraction of sp³-hybridized carbons (Fsp3) is 0.500. The summed E-state index contributed by atoms with van der Waals surface area (Å²) in [6.45, 7) is 10.3. The average molecular weight is 350 g/mol. The maximum Gasteiger partial charge on any atom is 0.238 e. The van der Waals surface area contributed by atoms with Gasteiger partial charge in [-0.3, -0.25) is 9.36 Å². The SMILES string of the molecule is CC(C)(C)CC(C)(C)C(=O)C(Oc1ccc(Cl)cc1)n1cnnc1. The Bertz CT molecular complexity index is 673. The number of carbonyl (C=O) groups excluding carboxylic acids is 1. The van der Waals surface area contributed by atoms with Crippen molar-refractivity contribution in [1.82, 2.24) is 14.8 Å². The third kappa shape index (κ3) is 4.81. The van der Waals surface area contributed by atoms with E-state index in [-0.39, 0.29) is 11.2 Å². The van der Waals surface area contributed by atoms with Crippen LogP contribution in [0.15, 0.2) is 36.9 Å². The summed E-state index contributed by atoms with van der Waals surface area (Å²) in [6.07, 6.45) is 2.90. The summed E-state index contributed by atoms with van der Waals surface area (Å²) in [6, 6.07) is 6.93. The smallest absolute Gasteiger partial charge is 0.238 e. The molecule has 6 heteroatoms. The van der Waals surface area contributed by atoms with E-state index in [9.17, 15) is 4.79 Å². The predicted octanol–water partition coefficient (Wildman–Crippen LogP) is 4.54. The van der Waals surface area contributed by atoms with Crippen molar-refractivity contribution in [2.75, 3.05) is 0 Å². The van der Waals surface area contributed by atoms with Crippen molar-refractivity contribution in [2.24, 2.45) is 10.8 Å². The topological polar surface area (TPSA) is 57.0 Å². The molecule has 5 nitrogen and oxygen atoms in total. The van der Waals surface area contributed by atoms with Gasteiger partial charge in [0.05, 0.1) is 0 Å². The van der Waals surface area contributed by atoms with Crippen molar-refractivity contribution >= 4 is 17.4 Å². The molecule has 0 aliphatic carbocycles. The van der Waals surface area contributed by atoms with Crippen molar-refractivity contribution in [1.29, 1.82) is 0 Å². The summed E-state index contributed by atoms with van der Waals surface area (Å²) >= 11 is 5.91. The molecule has 0 radical (unpaired) electrons. The molecule has 2 aromatic rings. The number of hydrogen-bond donors (Lipinski definition) is 0. The number of benzene rings is 1. The van der Waals surface area contributed by atoms with Crippen molar-refractivity contribution in [3.8, 4) is 5.75 Å². The van der Waals surface area contributed by atoms with Crippen molar-refractivity contribution < 1.29 is 9.53 Å². The third-order valence-corrected chi connectivity index (χ3v) is 3.88. The van der Waals surface area contributed by atoms with E-state index in [4.69, 9.17) is 16.3 Å². The van der Waals surface area contributed by atoms with Crippen molar-refractivity contribution in [3.05, 3.63) is 41.9 Å². The molecule has 2 rings (SSSR count). The molecular weight excluding hydrogens is 326 g/mol. The first kappa shape index (κ1) is 18.5. The molecular formula is C18H24ClN3O2. The van der Waals surface area contributed by atoms with Gasteiger partial charge in [0.15, 0.2) is 5.78 Å². The zero-order valence-corrected chi connectivity index (χ0v) is 15.5. The highest BCUT2D eigenvalue weighted by Crippen LogP contribution is 2.37. The minimum absolute atomic E-state index is 0.0211. The number of Topliss-reactive ketones (excluding diaryl/α,β-unsaturated/α-hetero) is 1. The van der Waals surface area contributed by atoms with Crippen molar-refractivity contribution in [3.63, 3.8) is 0 Å². The Morgan fingerprint density at radius 1 is 1.12 bits per heavy atom. The molecule has 0 saturated heterocycles. The quantitative estimate of drug-likeness (QED) is 0.768. The van der Waals surface area contributed by atoms with Gasteiger partial charge in [-0.15, -0.1) is 10.2 Å². The molecule has 1 aromatic carbocycles. The maximum absolute atomic E-state index is 13.2. The van der Waals surface area contributed by atoms with Crippen LogP contribution in [0.3, 0.4) is 0 Å². The van der Waals surface area contributed by atoms with Gasteiger partial charge in [0.1, 0.15) is 18.4 Å². The number of nitrogens with zero attached hydrogens (tertiary/aromatic N) is 3. The Morgan fingerprint density at radius 3 is 2.17 bits per heavy atom. The van der Waals surface area contributed by atoms with Crippen LogP contribution in [0.25, 0.3) is 0 Å². The van der Waals surface area contributed by atoms with Crippen LogP contribution in [0.4, 0.5) is 0 Å². The normalized spacial score (nSPS) is 13.6. The lowest BCUT2D eigenvalue weighted by atomic mass is 9.73. The van der Waals surface area contributed by atoms with Gasteiger partial charge in [0, 0.05) is 10.4 Å². The van der Waals surface area contributed by atoms with Gasteiger partial charge >= 0.3 is 0 Å². The van der Waals surface area contributed by atoms with Crippen LogP contribution in [0.1, 0.15) is 47.3 Å². The number of carbonyl (C=O) groups is 1. The summed E-state index contributed by atoms with van der Waals surface area (Å²) < 4.78 is 7.54. The molecule has 0 saturated carbocycles. The first-order valence-corrected chi connectivity index (χ1v) is 8.27. The number of aromatic nitrogens is 3. The molecule has 0 aliphatic heterocycles. The average Bonchev–Trinajstić information content (AvgIpc) is 2.97. The Hall–Kier alpha value is -1.88. The Kier molecular flexibility index (Phi) is 5.33. The lowest BCUT2D eigenvalue weighted by molar-refractivity contribution is -0.140. The molecule has 130 valence electrons. The second-order valence-electron chi connectivity index (χ2n) is 7.82. The number of halogens is 1. The minimum atomic E-state index is -0.821. The van der Waals surface area contributed by atoms with Crippen LogP contribution in [0.5, 0.6) is 5.75 Å². The molecule has 0 bridgehead atoms. The molecule has 0 amide bonds. The Balaban J connectivity index is 2.29. The van der Waals surface area contributed by atoms with E-state index in [1.165, 1.54) is 12.7 Å². The second-order valence-corrected chi connectivity index (χ2v) is 8.26. The minimum Gasteiger partial charge on any atom is -0.463 e. The van der Waals surface area contributed by atoms with Crippen LogP contribution in [-0.4, -0.2) is 20.5 Å². The number of rotatable bonds is 6. The van der Waals surface area contributed by atoms with Gasteiger partial charge in [-0.05, 0) is 36.1 Å². The van der Waals surface area contributed by atoms with E-state index >= 15 is 0 Å². The molecule has 0 N–H and O–H groups in total. The van der Waals surface area contributed by atoms with Gasteiger partial charge in [-0.1, -0.05) is 46.2 Å². The van der Waals surface area contributed by atoms with Crippen LogP contribution < -0.4 is 4.74 Å². The maximum atomic E-state index is 13.2. The van der Waals surface area contributed by atoms with Gasteiger partial charge in [0.2, 0.25) is 6.23 Å². The van der Waals surface area contributed by atoms with Crippen LogP contribution >= 0.6 is 11.6 Å². The summed E-state index contributed by atoms with van der Waals surface area (Å²) in [7, 11) is 0. The van der Waals surface area contributed by atoms with E-state index in [0.717, 1.165) is 6.42 Å². The van der Waals surface area contributed by atoms with Crippen LogP contribution in [0.2, 0.25) is 5.02 Å². The van der Waals surface area contributed by atoms with Gasteiger partial charge < -0.3 is 4.74 Å². The predicted molar refractivity (Wildman–Crippen MR) is 94.0 cm³/mol. The van der Waals surface area contributed by atoms with Crippen molar-refractivity contribution in [2.45, 2.75) is 47.3 Å². The molecule has 0 fully saturated rings. The van der Waals surface area contributed by atoms with Gasteiger partial charge in [-0.2, -0.15) is 0 Å². The molecule has 0 spiro atoms. The lowest BCUT2D eigenvalue weighted by Gasteiger charge is -2.34. The molecule has 1 unspecified atom stereocenters.